The van der Waals surface area contributed by atoms with E-state index in [1.54, 1.807) is 0 Å². The third-order valence-electron chi connectivity index (χ3n) is 1.40. The molecule has 0 saturated carbocycles. The second kappa shape index (κ2) is 5.49. The second-order valence-corrected chi connectivity index (χ2v) is 3.30. The van der Waals surface area contributed by atoms with Crippen LogP contribution in [0, 0.1) is 0 Å². The Bertz CT molecular complexity index is 263. The summed E-state index contributed by atoms with van der Waals surface area (Å²) in [6.07, 6.45) is 0. The normalized spacial score (nSPS) is 8.58. The summed E-state index contributed by atoms with van der Waals surface area (Å²) in [7, 11) is 4.02. The van der Waals surface area contributed by atoms with Gasteiger partial charge in [-0.1, -0.05) is 18.2 Å². The highest BCUT2D eigenvalue weighted by Gasteiger charge is 2.04. The highest BCUT2D eigenvalue weighted by Crippen LogP contribution is 2.04. The van der Waals surface area contributed by atoms with Gasteiger partial charge in [-0.25, -0.2) is 4.58 Å². The van der Waals surface area contributed by atoms with Crippen LogP contribution in [0.25, 0.3) is 0 Å². The van der Waals surface area contributed by atoms with Crippen LogP contribution in [-0.4, -0.2) is 23.3 Å². The molecule has 3 heteroatoms. The lowest BCUT2D eigenvalue weighted by Crippen LogP contribution is -3.00. The molecule has 0 N–H and O–H groups in total. The number of hydrogen-bond acceptors (Lipinski definition) is 0. The standard InChI is InChI=1S/C9H11BrN.BrH/c1-11(2)9(10)8-6-4-3-5-7-8;/h3-7H,1-2H3;1H/q+1;/p-1. The number of hydrogen-bond donors (Lipinski definition) is 0. The van der Waals surface area contributed by atoms with Crippen molar-refractivity contribution in [3.05, 3.63) is 35.9 Å². The Morgan fingerprint density at radius 3 is 2.08 bits per heavy atom. The third kappa shape index (κ3) is 3.07. The molecule has 0 bridgehead atoms. The van der Waals surface area contributed by atoms with Crippen molar-refractivity contribution in [3.8, 4) is 0 Å². The molecule has 0 unspecified atom stereocenters. The molecule has 0 amide bonds. The van der Waals surface area contributed by atoms with Gasteiger partial charge in [0.25, 0.3) is 0 Å². The lowest BCUT2D eigenvalue weighted by molar-refractivity contribution is -0.460. The van der Waals surface area contributed by atoms with Crippen LogP contribution in [0.4, 0.5) is 0 Å². The van der Waals surface area contributed by atoms with Gasteiger partial charge in [-0.2, -0.15) is 0 Å². The topological polar surface area (TPSA) is 3.01 Å². The van der Waals surface area contributed by atoms with Gasteiger partial charge in [0.2, 0.25) is 4.62 Å². The highest BCUT2D eigenvalue weighted by molar-refractivity contribution is 9.18. The van der Waals surface area contributed by atoms with Crippen molar-refractivity contribution in [1.82, 2.24) is 0 Å². The maximum atomic E-state index is 3.49. The summed E-state index contributed by atoms with van der Waals surface area (Å²) < 4.78 is 3.15. The second-order valence-electron chi connectivity index (χ2n) is 2.55. The van der Waals surface area contributed by atoms with Gasteiger partial charge in [-0.15, -0.1) is 0 Å². The van der Waals surface area contributed by atoms with Gasteiger partial charge >= 0.3 is 0 Å². The fraction of sp³-hybridized carbons (Fsp3) is 0.222. The number of benzene rings is 1. The molecule has 0 heterocycles. The predicted molar refractivity (Wildman–Crippen MR) is 51.6 cm³/mol. The largest absolute Gasteiger partial charge is 1.00 e. The maximum absolute atomic E-state index is 3.49. The van der Waals surface area contributed by atoms with Gasteiger partial charge in [-0.3, -0.25) is 0 Å². The molecule has 0 spiro atoms. The number of halogens is 2. The summed E-state index contributed by atoms with van der Waals surface area (Å²) in [6, 6.07) is 10.2. The van der Waals surface area contributed by atoms with Gasteiger partial charge in [0.1, 0.15) is 14.1 Å². The number of nitrogens with zero attached hydrogens (tertiary/aromatic N) is 1. The highest BCUT2D eigenvalue weighted by atomic mass is 79.9. The first-order valence-electron chi connectivity index (χ1n) is 3.47. The molecule has 12 heavy (non-hydrogen) atoms. The van der Waals surface area contributed by atoms with Gasteiger partial charge in [0, 0.05) is 15.9 Å². The maximum Gasteiger partial charge on any atom is 0.249 e. The smallest absolute Gasteiger partial charge is 0.249 e. The van der Waals surface area contributed by atoms with E-state index in [2.05, 4.69) is 28.1 Å². The minimum Gasteiger partial charge on any atom is -1.00 e. The van der Waals surface area contributed by atoms with E-state index in [9.17, 15) is 0 Å². The average Bonchev–Trinajstić information content (AvgIpc) is 2.05. The molecule has 0 aliphatic carbocycles. The molecule has 1 nitrogen and oxygen atoms in total. The monoisotopic (exact) mass is 291 g/mol. The molecule has 0 radical (unpaired) electrons. The molecular formula is C9H11Br2N. The van der Waals surface area contributed by atoms with Crippen LogP contribution < -0.4 is 17.0 Å². The Balaban J connectivity index is 0.00000121. The molecule has 0 atom stereocenters. The lowest BCUT2D eigenvalue weighted by atomic mass is 10.2. The molecule has 0 fully saturated rings. The van der Waals surface area contributed by atoms with Crippen molar-refractivity contribution in [2.45, 2.75) is 0 Å². The summed E-state index contributed by atoms with van der Waals surface area (Å²) in [5.74, 6) is 0. The Morgan fingerprint density at radius 1 is 1.17 bits per heavy atom. The summed E-state index contributed by atoms with van der Waals surface area (Å²) in [4.78, 5) is 0. The summed E-state index contributed by atoms with van der Waals surface area (Å²) in [5, 5.41) is 0. The van der Waals surface area contributed by atoms with Crippen molar-refractivity contribution >= 4 is 20.6 Å². The predicted octanol–water partition coefficient (Wildman–Crippen LogP) is -0.896. The zero-order valence-electron chi connectivity index (χ0n) is 7.09. The van der Waals surface area contributed by atoms with Gasteiger partial charge in [0.15, 0.2) is 0 Å². The Kier molecular flexibility index (Phi) is 5.42. The van der Waals surface area contributed by atoms with Crippen molar-refractivity contribution in [1.29, 1.82) is 0 Å². The van der Waals surface area contributed by atoms with Crippen molar-refractivity contribution in [3.63, 3.8) is 0 Å². The van der Waals surface area contributed by atoms with Crippen LogP contribution in [0.5, 0.6) is 0 Å². The molecule has 1 rings (SSSR count). The van der Waals surface area contributed by atoms with E-state index in [-0.39, 0.29) is 17.0 Å². The fourth-order valence-electron chi connectivity index (χ4n) is 0.834. The first-order chi connectivity index (χ1) is 5.22. The van der Waals surface area contributed by atoms with Gasteiger partial charge in [-0.05, 0) is 12.1 Å². The van der Waals surface area contributed by atoms with E-state index in [0.29, 0.717) is 0 Å². The summed E-state index contributed by atoms with van der Waals surface area (Å²) >= 11 is 3.49. The molecule has 0 aromatic heterocycles. The third-order valence-corrected chi connectivity index (χ3v) is 2.57. The van der Waals surface area contributed by atoms with E-state index in [1.165, 1.54) is 5.56 Å². The quantitative estimate of drug-likeness (QED) is 0.466. The number of rotatable bonds is 1. The fourth-order valence-corrected chi connectivity index (χ4v) is 1.10. The van der Waals surface area contributed by atoms with Crippen molar-refractivity contribution < 1.29 is 21.6 Å². The van der Waals surface area contributed by atoms with Gasteiger partial charge < -0.3 is 17.0 Å². The Labute approximate surface area is 92.0 Å². The van der Waals surface area contributed by atoms with E-state index < -0.39 is 0 Å². The Hall–Kier alpha value is -0.150. The van der Waals surface area contributed by atoms with Crippen LogP contribution in [-0.2, 0) is 0 Å². The average molecular weight is 293 g/mol. The van der Waals surface area contributed by atoms with Crippen LogP contribution in [0.1, 0.15) is 5.56 Å². The minimum atomic E-state index is 0. The van der Waals surface area contributed by atoms with Crippen molar-refractivity contribution in [2.24, 2.45) is 0 Å². The summed E-state index contributed by atoms with van der Waals surface area (Å²) in [6.45, 7) is 0. The van der Waals surface area contributed by atoms with Crippen LogP contribution in [0.2, 0.25) is 0 Å². The molecule has 0 aliphatic rings. The molecular weight excluding hydrogens is 282 g/mol. The van der Waals surface area contributed by atoms with Crippen LogP contribution >= 0.6 is 15.9 Å². The van der Waals surface area contributed by atoms with E-state index >= 15 is 0 Å². The van der Waals surface area contributed by atoms with Crippen molar-refractivity contribution in [2.75, 3.05) is 14.1 Å². The molecule has 66 valence electrons. The SMILES string of the molecule is C[N+](C)=C(Br)c1ccccc1.[Br-]. The molecule has 1 aromatic carbocycles. The summed E-state index contributed by atoms with van der Waals surface area (Å²) in [5.41, 5.74) is 1.21. The minimum absolute atomic E-state index is 0. The zero-order chi connectivity index (χ0) is 8.27. The van der Waals surface area contributed by atoms with E-state index in [0.717, 1.165) is 4.62 Å². The van der Waals surface area contributed by atoms with Crippen LogP contribution in [0.3, 0.4) is 0 Å². The van der Waals surface area contributed by atoms with Crippen LogP contribution in [0.15, 0.2) is 30.3 Å². The van der Waals surface area contributed by atoms with E-state index in [4.69, 9.17) is 0 Å². The molecule has 0 aliphatic heterocycles. The lowest BCUT2D eigenvalue weighted by Gasteiger charge is -1.94. The zero-order valence-corrected chi connectivity index (χ0v) is 10.3. The molecule has 0 saturated heterocycles. The van der Waals surface area contributed by atoms with E-state index in [1.807, 2.05) is 36.9 Å². The molecule has 1 aromatic rings. The first-order valence-corrected chi connectivity index (χ1v) is 4.26. The van der Waals surface area contributed by atoms with Gasteiger partial charge in [0.05, 0.1) is 5.56 Å². The Morgan fingerprint density at radius 2 is 1.67 bits per heavy atom. The first kappa shape index (κ1) is 11.8.